The largest absolute Gasteiger partial charge is 0.413 e. The first kappa shape index (κ1) is 9.39. The molecule has 0 aliphatic rings. The summed E-state index contributed by atoms with van der Waals surface area (Å²) in [5.41, 5.74) is 1.03. The molecular weight excluding hydrogens is 192 g/mol. The maximum atomic E-state index is 9.06. The van der Waals surface area contributed by atoms with Gasteiger partial charge in [-0.15, -0.1) is 0 Å². The predicted molar refractivity (Wildman–Crippen MR) is 59.2 cm³/mol. The lowest BCUT2D eigenvalue weighted by atomic mass is 10.1. The minimum Gasteiger partial charge on any atom is -0.413 e. The fraction of sp³-hybridized carbons (Fsp3) is 0.0909. The van der Waals surface area contributed by atoms with E-state index in [1.807, 2.05) is 42.5 Å². The Morgan fingerprint density at radius 3 is 2.43 bits per heavy atom. The highest BCUT2D eigenvalue weighted by atomic mass is 28.3. The van der Waals surface area contributed by atoms with Gasteiger partial charge in [0.2, 0.25) is 0 Å². The van der Waals surface area contributed by atoms with E-state index in [1.54, 1.807) is 0 Å². The summed E-state index contributed by atoms with van der Waals surface area (Å²) < 4.78 is 0. The molecule has 0 heterocycles. The monoisotopic (exact) mass is 204 g/mol. The van der Waals surface area contributed by atoms with Crippen LogP contribution < -0.4 is 0 Å². The minimum absolute atomic E-state index is 0.418. The summed E-state index contributed by atoms with van der Waals surface area (Å²) in [7, 11) is -2.50. The summed E-state index contributed by atoms with van der Waals surface area (Å²) >= 11 is 0. The van der Waals surface area contributed by atoms with Crippen LogP contribution in [0.25, 0.3) is 10.8 Å². The molecule has 2 aromatic carbocycles. The zero-order valence-corrected chi connectivity index (χ0v) is 8.88. The molecule has 2 rings (SSSR count). The van der Waals surface area contributed by atoms with Crippen LogP contribution in [0.3, 0.4) is 0 Å². The van der Waals surface area contributed by atoms with Crippen molar-refractivity contribution in [1.29, 1.82) is 0 Å². The van der Waals surface area contributed by atoms with E-state index in [0.29, 0.717) is 6.04 Å². The molecule has 2 nitrogen and oxygen atoms in total. The topological polar surface area (TPSA) is 40.5 Å². The molecule has 72 valence electrons. The van der Waals surface area contributed by atoms with Gasteiger partial charge in [-0.05, 0) is 16.3 Å². The maximum absolute atomic E-state index is 9.06. The van der Waals surface area contributed by atoms with Crippen molar-refractivity contribution in [2.75, 3.05) is 0 Å². The van der Waals surface area contributed by atoms with E-state index in [0.717, 1.165) is 16.3 Å². The van der Waals surface area contributed by atoms with Crippen molar-refractivity contribution >= 4 is 20.1 Å². The fourth-order valence-electron chi connectivity index (χ4n) is 1.67. The highest BCUT2D eigenvalue weighted by Crippen LogP contribution is 2.18. The lowest BCUT2D eigenvalue weighted by Crippen LogP contribution is -2.15. The third kappa shape index (κ3) is 1.85. The van der Waals surface area contributed by atoms with Crippen LogP contribution in [0.5, 0.6) is 0 Å². The average Bonchev–Trinajstić information content (AvgIpc) is 2.18. The number of hydrogen-bond donors (Lipinski definition) is 2. The van der Waals surface area contributed by atoms with Crippen molar-refractivity contribution in [2.45, 2.75) is 6.04 Å². The standard InChI is InChI=1S/C11H12O2Si/c12-14(13)8-10-6-3-5-9-4-1-2-7-11(9)10/h1-7,12-14H,8H2. The molecule has 0 saturated carbocycles. The van der Waals surface area contributed by atoms with Crippen molar-refractivity contribution in [3.8, 4) is 0 Å². The summed E-state index contributed by atoms with van der Waals surface area (Å²) in [5.74, 6) is 0. The Morgan fingerprint density at radius 1 is 0.929 bits per heavy atom. The highest BCUT2D eigenvalue weighted by Gasteiger charge is 2.06. The first-order valence-corrected chi connectivity index (χ1v) is 6.45. The lowest BCUT2D eigenvalue weighted by Gasteiger charge is -2.05. The van der Waals surface area contributed by atoms with E-state index in [1.165, 1.54) is 0 Å². The Kier molecular flexibility index (Phi) is 2.63. The van der Waals surface area contributed by atoms with Crippen LogP contribution >= 0.6 is 0 Å². The SMILES string of the molecule is O[SiH](O)Cc1cccc2ccccc12. The Labute approximate surface area is 84.3 Å². The van der Waals surface area contributed by atoms with Gasteiger partial charge in [-0.3, -0.25) is 0 Å². The maximum Gasteiger partial charge on any atom is 0.320 e. The molecule has 0 fully saturated rings. The van der Waals surface area contributed by atoms with Crippen molar-refractivity contribution < 1.29 is 9.59 Å². The second-order valence-corrected chi connectivity index (χ2v) is 4.69. The van der Waals surface area contributed by atoms with Gasteiger partial charge >= 0.3 is 9.28 Å². The van der Waals surface area contributed by atoms with E-state index < -0.39 is 9.28 Å². The molecule has 2 aromatic rings. The van der Waals surface area contributed by atoms with Gasteiger partial charge in [-0.1, -0.05) is 42.5 Å². The Balaban J connectivity index is 2.53. The zero-order chi connectivity index (χ0) is 9.97. The zero-order valence-electron chi connectivity index (χ0n) is 7.72. The van der Waals surface area contributed by atoms with Crippen LogP contribution in [0.2, 0.25) is 0 Å². The fourth-order valence-corrected chi connectivity index (χ4v) is 2.42. The van der Waals surface area contributed by atoms with E-state index in [2.05, 4.69) is 0 Å². The van der Waals surface area contributed by atoms with Gasteiger partial charge in [-0.2, -0.15) is 0 Å². The smallest absolute Gasteiger partial charge is 0.320 e. The van der Waals surface area contributed by atoms with Gasteiger partial charge in [0.15, 0.2) is 0 Å². The van der Waals surface area contributed by atoms with Crippen LogP contribution in [0.4, 0.5) is 0 Å². The Hall–Kier alpha value is -1.16. The molecule has 0 aliphatic heterocycles. The first-order chi connectivity index (χ1) is 6.77. The molecule has 14 heavy (non-hydrogen) atoms. The van der Waals surface area contributed by atoms with Gasteiger partial charge in [-0.25, -0.2) is 0 Å². The molecule has 0 unspecified atom stereocenters. The Bertz CT molecular complexity index is 435. The average molecular weight is 204 g/mol. The first-order valence-electron chi connectivity index (χ1n) is 4.60. The van der Waals surface area contributed by atoms with Crippen LogP contribution in [0.15, 0.2) is 42.5 Å². The summed E-state index contributed by atoms with van der Waals surface area (Å²) in [6.07, 6.45) is 0. The molecule has 0 aliphatic carbocycles. The van der Waals surface area contributed by atoms with Gasteiger partial charge < -0.3 is 9.59 Å². The normalized spacial score (nSPS) is 11.1. The molecule has 2 N–H and O–H groups in total. The molecule has 0 radical (unpaired) electrons. The number of benzene rings is 2. The number of rotatable bonds is 2. The minimum atomic E-state index is -2.50. The second kappa shape index (κ2) is 3.92. The van der Waals surface area contributed by atoms with Gasteiger partial charge in [0.1, 0.15) is 0 Å². The van der Waals surface area contributed by atoms with E-state index in [9.17, 15) is 0 Å². The lowest BCUT2D eigenvalue weighted by molar-refractivity contribution is 0.405. The summed E-state index contributed by atoms with van der Waals surface area (Å²) in [4.78, 5) is 18.1. The van der Waals surface area contributed by atoms with Crippen LogP contribution in [-0.4, -0.2) is 18.9 Å². The highest BCUT2D eigenvalue weighted by molar-refractivity contribution is 6.40. The van der Waals surface area contributed by atoms with E-state index >= 15 is 0 Å². The quantitative estimate of drug-likeness (QED) is 0.720. The molecule has 3 heteroatoms. The van der Waals surface area contributed by atoms with Crippen molar-refractivity contribution in [3.05, 3.63) is 48.0 Å². The van der Waals surface area contributed by atoms with Crippen molar-refractivity contribution in [3.63, 3.8) is 0 Å². The Morgan fingerprint density at radius 2 is 1.64 bits per heavy atom. The number of hydrogen-bond acceptors (Lipinski definition) is 2. The van der Waals surface area contributed by atoms with Crippen molar-refractivity contribution in [2.24, 2.45) is 0 Å². The van der Waals surface area contributed by atoms with E-state index in [4.69, 9.17) is 9.59 Å². The molecule has 0 bridgehead atoms. The van der Waals surface area contributed by atoms with Gasteiger partial charge in [0.05, 0.1) is 0 Å². The molecule has 0 saturated heterocycles. The van der Waals surface area contributed by atoms with Gasteiger partial charge in [0.25, 0.3) is 0 Å². The third-order valence-electron chi connectivity index (χ3n) is 2.28. The van der Waals surface area contributed by atoms with Crippen molar-refractivity contribution in [1.82, 2.24) is 0 Å². The van der Waals surface area contributed by atoms with Crippen LogP contribution in [0.1, 0.15) is 5.56 Å². The third-order valence-corrected chi connectivity index (χ3v) is 3.09. The molecule has 0 atom stereocenters. The summed E-state index contributed by atoms with van der Waals surface area (Å²) in [6, 6.07) is 14.4. The number of fused-ring (bicyclic) bond motifs is 1. The molecule has 0 amide bonds. The van der Waals surface area contributed by atoms with E-state index in [-0.39, 0.29) is 0 Å². The summed E-state index contributed by atoms with van der Waals surface area (Å²) in [6.45, 7) is 0. The summed E-state index contributed by atoms with van der Waals surface area (Å²) in [5, 5.41) is 2.27. The van der Waals surface area contributed by atoms with Crippen LogP contribution in [0, 0.1) is 0 Å². The van der Waals surface area contributed by atoms with Gasteiger partial charge in [0, 0.05) is 6.04 Å². The molecule has 0 spiro atoms. The molecule has 0 aromatic heterocycles. The van der Waals surface area contributed by atoms with Crippen LogP contribution in [-0.2, 0) is 6.04 Å². The second-order valence-electron chi connectivity index (χ2n) is 3.32. The predicted octanol–water partition coefficient (Wildman–Crippen LogP) is 1.13. The molecular formula is C11H12O2Si.